The van der Waals surface area contributed by atoms with E-state index in [0.717, 1.165) is 6.04 Å². The van der Waals surface area contributed by atoms with Crippen molar-refractivity contribution in [3.8, 4) is 0 Å². The van der Waals surface area contributed by atoms with E-state index in [4.69, 9.17) is 0 Å². The Balaban J connectivity index is 1.61. The lowest BCUT2D eigenvalue weighted by atomic mass is 9.95. The van der Waals surface area contributed by atoms with Crippen LogP contribution in [0.15, 0.2) is 30.3 Å². The first-order valence-electron chi connectivity index (χ1n) is 6.68. The number of nitrogens with one attached hydrogen (secondary N) is 1. The SMILES string of the molecule is c1ccc(C2(CNC3CCCC3)CC2)cc1. The Kier molecular flexibility index (Phi) is 2.72. The zero-order valence-corrected chi connectivity index (χ0v) is 9.91. The van der Waals surface area contributed by atoms with Crippen molar-refractivity contribution < 1.29 is 0 Å². The van der Waals surface area contributed by atoms with Crippen LogP contribution < -0.4 is 5.32 Å². The van der Waals surface area contributed by atoms with Crippen LogP contribution in [0.2, 0.25) is 0 Å². The molecule has 2 saturated carbocycles. The Morgan fingerprint density at radius 3 is 2.38 bits per heavy atom. The van der Waals surface area contributed by atoms with Gasteiger partial charge in [0.1, 0.15) is 0 Å². The largest absolute Gasteiger partial charge is 0.313 e. The van der Waals surface area contributed by atoms with Crippen molar-refractivity contribution in [2.45, 2.75) is 50.0 Å². The molecule has 0 heterocycles. The summed E-state index contributed by atoms with van der Waals surface area (Å²) >= 11 is 0. The van der Waals surface area contributed by atoms with E-state index in [-0.39, 0.29) is 0 Å². The molecule has 1 nitrogen and oxygen atoms in total. The molecule has 1 aromatic rings. The highest BCUT2D eigenvalue weighted by Gasteiger charge is 2.43. The zero-order chi connectivity index (χ0) is 10.8. The fraction of sp³-hybridized carbons (Fsp3) is 0.600. The predicted octanol–water partition coefficient (Wildman–Crippen LogP) is 3.25. The molecule has 0 saturated heterocycles. The highest BCUT2D eigenvalue weighted by molar-refractivity contribution is 5.31. The molecule has 0 spiro atoms. The van der Waals surface area contributed by atoms with Gasteiger partial charge in [-0.2, -0.15) is 0 Å². The standard InChI is InChI=1S/C15H21N/c1-2-6-13(7-3-1)15(10-11-15)12-16-14-8-4-5-9-14/h1-3,6-7,14,16H,4-5,8-12H2. The molecule has 2 aliphatic carbocycles. The lowest BCUT2D eigenvalue weighted by Gasteiger charge is -2.20. The molecule has 0 bridgehead atoms. The highest BCUT2D eigenvalue weighted by atomic mass is 14.9. The Bertz CT molecular complexity index is 334. The van der Waals surface area contributed by atoms with Crippen LogP contribution in [0.5, 0.6) is 0 Å². The summed E-state index contributed by atoms with van der Waals surface area (Å²) in [7, 11) is 0. The summed E-state index contributed by atoms with van der Waals surface area (Å²) in [6.45, 7) is 1.20. The second kappa shape index (κ2) is 4.21. The van der Waals surface area contributed by atoms with Gasteiger partial charge in [0.15, 0.2) is 0 Å². The highest BCUT2D eigenvalue weighted by Crippen LogP contribution is 2.47. The topological polar surface area (TPSA) is 12.0 Å². The van der Waals surface area contributed by atoms with Gasteiger partial charge in [-0.3, -0.25) is 0 Å². The van der Waals surface area contributed by atoms with Gasteiger partial charge >= 0.3 is 0 Å². The van der Waals surface area contributed by atoms with Crippen LogP contribution in [0.4, 0.5) is 0 Å². The van der Waals surface area contributed by atoms with Crippen LogP contribution in [-0.4, -0.2) is 12.6 Å². The van der Waals surface area contributed by atoms with Crippen molar-refractivity contribution in [1.29, 1.82) is 0 Å². The maximum atomic E-state index is 3.78. The summed E-state index contributed by atoms with van der Waals surface area (Å²) in [5.41, 5.74) is 2.03. The summed E-state index contributed by atoms with van der Waals surface area (Å²) in [5, 5.41) is 3.78. The Hall–Kier alpha value is -0.820. The Labute approximate surface area is 98.3 Å². The lowest BCUT2D eigenvalue weighted by molar-refractivity contribution is 0.479. The minimum absolute atomic E-state index is 0.490. The fourth-order valence-electron chi connectivity index (χ4n) is 2.98. The van der Waals surface area contributed by atoms with E-state index in [1.807, 2.05) is 0 Å². The second-order valence-corrected chi connectivity index (χ2v) is 5.51. The molecular weight excluding hydrogens is 194 g/mol. The van der Waals surface area contributed by atoms with E-state index in [1.165, 1.54) is 45.1 Å². The first kappa shape index (κ1) is 10.3. The van der Waals surface area contributed by atoms with Crippen molar-refractivity contribution in [3.05, 3.63) is 35.9 Å². The summed E-state index contributed by atoms with van der Waals surface area (Å²) in [6, 6.07) is 11.9. The maximum absolute atomic E-state index is 3.78. The van der Waals surface area contributed by atoms with E-state index in [0.29, 0.717) is 5.41 Å². The third kappa shape index (κ3) is 2.01. The van der Waals surface area contributed by atoms with Gasteiger partial charge in [0.2, 0.25) is 0 Å². The van der Waals surface area contributed by atoms with Crippen molar-refractivity contribution in [2.24, 2.45) is 0 Å². The molecule has 86 valence electrons. The average Bonchev–Trinajstić information content (AvgIpc) is 2.96. The summed E-state index contributed by atoms with van der Waals surface area (Å²) < 4.78 is 0. The molecule has 1 aromatic carbocycles. The van der Waals surface area contributed by atoms with Crippen molar-refractivity contribution in [3.63, 3.8) is 0 Å². The fourth-order valence-corrected chi connectivity index (χ4v) is 2.98. The second-order valence-electron chi connectivity index (χ2n) is 5.51. The molecule has 1 heteroatoms. The van der Waals surface area contributed by atoms with Crippen molar-refractivity contribution in [2.75, 3.05) is 6.54 Å². The molecule has 0 aliphatic heterocycles. The van der Waals surface area contributed by atoms with Gasteiger partial charge < -0.3 is 5.32 Å². The van der Waals surface area contributed by atoms with Gasteiger partial charge in [0.05, 0.1) is 0 Å². The van der Waals surface area contributed by atoms with Crippen LogP contribution in [0.3, 0.4) is 0 Å². The normalized spacial score (nSPS) is 23.5. The minimum atomic E-state index is 0.490. The van der Waals surface area contributed by atoms with Crippen molar-refractivity contribution in [1.82, 2.24) is 5.32 Å². The molecule has 0 unspecified atom stereocenters. The first-order valence-corrected chi connectivity index (χ1v) is 6.68. The quantitative estimate of drug-likeness (QED) is 0.813. The molecular formula is C15H21N. The van der Waals surface area contributed by atoms with Crippen molar-refractivity contribution >= 4 is 0 Å². The van der Waals surface area contributed by atoms with Gasteiger partial charge in [0, 0.05) is 18.0 Å². The van der Waals surface area contributed by atoms with Gasteiger partial charge in [-0.25, -0.2) is 0 Å². The molecule has 0 radical (unpaired) electrons. The molecule has 1 N–H and O–H groups in total. The first-order chi connectivity index (χ1) is 7.89. The van der Waals surface area contributed by atoms with Crippen LogP contribution >= 0.6 is 0 Å². The predicted molar refractivity (Wildman–Crippen MR) is 67.6 cm³/mol. The smallest absolute Gasteiger partial charge is 0.00785 e. The van der Waals surface area contributed by atoms with Crippen LogP contribution in [0.1, 0.15) is 44.1 Å². The van der Waals surface area contributed by atoms with Gasteiger partial charge in [0.25, 0.3) is 0 Å². The molecule has 2 aliphatic rings. The molecule has 0 amide bonds. The lowest BCUT2D eigenvalue weighted by Crippen LogP contribution is -2.33. The summed E-state index contributed by atoms with van der Waals surface area (Å²) in [4.78, 5) is 0. The Morgan fingerprint density at radius 1 is 1.06 bits per heavy atom. The zero-order valence-electron chi connectivity index (χ0n) is 9.91. The van der Waals surface area contributed by atoms with E-state index >= 15 is 0 Å². The third-order valence-electron chi connectivity index (χ3n) is 4.32. The number of rotatable bonds is 4. The molecule has 2 fully saturated rings. The molecule has 0 aromatic heterocycles. The minimum Gasteiger partial charge on any atom is -0.313 e. The van der Waals surface area contributed by atoms with E-state index in [1.54, 1.807) is 5.56 Å². The van der Waals surface area contributed by atoms with Crippen LogP contribution in [0, 0.1) is 0 Å². The molecule has 3 rings (SSSR count). The van der Waals surface area contributed by atoms with Gasteiger partial charge in [-0.05, 0) is 31.2 Å². The van der Waals surface area contributed by atoms with Crippen LogP contribution in [-0.2, 0) is 5.41 Å². The number of benzene rings is 1. The monoisotopic (exact) mass is 215 g/mol. The third-order valence-corrected chi connectivity index (χ3v) is 4.32. The van der Waals surface area contributed by atoms with Gasteiger partial charge in [-0.1, -0.05) is 43.2 Å². The summed E-state index contributed by atoms with van der Waals surface area (Å²) in [5.74, 6) is 0. The number of hydrogen-bond acceptors (Lipinski definition) is 1. The summed E-state index contributed by atoms with van der Waals surface area (Å²) in [6.07, 6.45) is 8.38. The van der Waals surface area contributed by atoms with E-state index in [9.17, 15) is 0 Å². The molecule has 16 heavy (non-hydrogen) atoms. The van der Waals surface area contributed by atoms with E-state index < -0.39 is 0 Å². The van der Waals surface area contributed by atoms with Crippen LogP contribution in [0.25, 0.3) is 0 Å². The van der Waals surface area contributed by atoms with E-state index in [2.05, 4.69) is 35.6 Å². The Morgan fingerprint density at radius 2 is 1.75 bits per heavy atom. The maximum Gasteiger partial charge on any atom is 0.00785 e. The number of hydrogen-bond donors (Lipinski definition) is 1. The molecule has 0 atom stereocenters. The van der Waals surface area contributed by atoms with Gasteiger partial charge in [-0.15, -0.1) is 0 Å². The average molecular weight is 215 g/mol.